The van der Waals surface area contributed by atoms with Crippen molar-refractivity contribution in [2.24, 2.45) is 0 Å². The van der Waals surface area contributed by atoms with E-state index in [-0.39, 0.29) is 12.5 Å². The van der Waals surface area contributed by atoms with Crippen LogP contribution in [0.5, 0.6) is 0 Å². The van der Waals surface area contributed by atoms with Crippen LogP contribution in [0.1, 0.15) is 18.4 Å². The van der Waals surface area contributed by atoms with E-state index in [1.54, 1.807) is 0 Å². The van der Waals surface area contributed by atoms with Crippen LogP contribution in [0, 0.1) is 6.92 Å². The molecule has 1 N–H and O–H groups in total. The standard InChI is InChI=1S/C21H21BrN4O/c1-3-25-18-11-7-5-9-16(18)24-19(25)12-23-20(27)13-26-14(2)21(22)15-8-4-6-10-17(15)26/h4-11H,3,12-13H2,1-2H3,(H,23,27). The second kappa shape index (κ2) is 7.19. The van der Waals surface area contributed by atoms with E-state index in [0.717, 1.165) is 44.5 Å². The lowest BCUT2D eigenvalue weighted by Crippen LogP contribution is -2.28. The lowest BCUT2D eigenvalue weighted by atomic mass is 10.2. The predicted molar refractivity (Wildman–Crippen MR) is 112 cm³/mol. The quantitative estimate of drug-likeness (QED) is 0.516. The zero-order chi connectivity index (χ0) is 19.0. The smallest absolute Gasteiger partial charge is 0.240 e. The maximum Gasteiger partial charge on any atom is 0.240 e. The van der Waals surface area contributed by atoms with Crippen molar-refractivity contribution in [2.45, 2.75) is 33.5 Å². The van der Waals surface area contributed by atoms with E-state index in [9.17, 15) is 4.79 Å². The van der Waals surface area contributed by atoms with Gasteiger partial charge in [-0.2, -0.15) is 0 Å². The van der Waals surface area contributed by atoms with Gasteiger partial charge in [0.15, 0.2) is 0 Å². The van der Waals surface area contributed by atoms with Crippen LogP contribution in [-0.2, 0) is 24.4 Å². The van der Waals surface area contributed by atoms with Gasteiger partial charge in [-0.1, -0.05) is 30.3 Å². The van der Waals surface area contributed by atoms with Crippen molar-refractivity contribution in [1.29, 1.82) is 0 Å². The van der Waals surface area contributed by atoms with Gasteiger partial charge in [-0.15, -0.1) is 0 Å². The molecule has 0 atom stereocenters. The summed E-state index contributed by atoms with van der Waals surface area (Å²) >= 11 is 3.64. The van der Waals surface area contributed by atoms with Gasteiger partial charge in [0.2, 0.25) is 5.91 Å². The van der Waals surface area contributed by atoms with Crippen molar-refractivity contribution in [3.63, 3.8) is 0 Å². The van der Waals surface area contributed by atoms with Crippen molar-refractivity contribution in [3.05, 3.63) is 64.5 Å². The minimum Gasteiger partial charge on any atom is -0.347 e. The van der Waals surface area contributed by atoms with Crippen LogP contribution in [-0.4, -0.2) is 20.0 Å². The SMILES string of the molecule is CCn1c(CNC(=O)Cn2c(C)c(Br)c3ccccc32)nc2ccccc21. The molecule has 0 bridgehead atoms. The van der Waals surface area contributed by atoms with Gasteiger partial charge >= 0.3 is 0 Å². The van der Waals surface area contributed by atoms with Crippen LogP contribution in [0.3, 0.4) is 0 Å². The lowest BCUT2D eigenvalue weighted by molar-refractivity contribution is -0.121. The minimum absolute atomic E-state index is 0.0268. The fourth-order valence-electron chi connectivity index (χ4n) is 3.58. The molecule has 0 radical (unpaired) electrons. The number of para-hydroxylation sites is 3. The number of benzene rings is 2. The van der Waals surface area contributed by atoms with Crippen molar-refractivity contribution in [2.75, 3.05) is 0 Å². The van der Waals surface area contributed by atoms with Gasteiger partial charge in [0.25, 0.3) is 0 Å². The van der Waals surface area contributed by atoms with Gasteiger partial charge in [0.05, 0.1) is 17.6 Å². The first-order chi connectivity index (χ1) is 13.1. The molecule has 0 saturated carbocycles. The zero-order valence-corrected chi connectivity index (χ0v) is 17.0. The van der Waals surface area contributed by atoms with E-state index >= 15 is 0 Å². The Hall–Kier alpha value is -2.60. The summed E-state index contributed by atoms with van der Waals surface area (Å²) in [7, 11) is 0. The Morgan fingerprint density at radius 1 is 1.07 bits per heavy atom. The van der Waals surface area contributed by atoms with Gasteiger partial charge in [-0.05, 0) is 48.0 Å². The molecule has 2 heterocycles. The van der Waals surface area contributed by atoms with Crippen molar-refractivity contribution >= 4 is 43.8 Å². The topological polar surface area (TPSA) is 51.9 Å². The summed E-state index contributed by atoms with van der Waals surface area (Å²) < 4.78 is 5.22. The van der Waals surface area contributed by atoms with Crippen LogP contribution in [0.15, 0.2) is 53.0 Å². The average molecular weight is 425 g/mol. The molecule has 27 heavy (non-hydrogen) atoms. The van der Waals surface area contributed by atoms with E-state index < -0.39 is 0 Å². The molecule has 4 aromatic rings. The van der Waals surface area contributed by atoms with Crippen LogP contribution in [0.25, 0.3) is 21.9 Å². The number of halogens is 1. The number of hydrogen-bond donors (Lipinski definition) is 1. The first kappa shape index (κ1) is 17.8. The van der Waals surface area contributed by atoms with E-state index in [0.29, 0.717) is 6.54 Å². The maximum absolute atomic E-state index is 12.6. The number of carbonyl (C=O) groups excluding carboxylic acids is 1. The molecule has 138 valence electrons. The summed E-state index contributed by atoms with van der Waals surface area (Å²) in [6, 6.07) is 16.1. The highest BCUT2D eigenvalue weighted by Crippen LogP contribution is 2.30. The van der Waals surface area contributed by atoms with Crippen LogP contribution in [0.2, 0.25) is 0 Å². The van der Waals surface area contributed by atoms with Crippen LogP contribution >= 0.6 is 15.9 Å². The zero-order valence-electron chi connectivity index (χ0n) is 15.4. The summed E-state index contributed by atoms with van der Waals surface area (Å²) in [5, 5.41) is 4.15. The number of nitrogens with one attached hydrogen (secondary N) is 1. The third-order valence-corrected chi connectivity index (χ3v) is 5.95. The van der Waals surface area contributed by atoms with Gasteiger partial charge in [0, 0.05) is 27.6 Å². The van der Waals surface area contributed by atoms with E-state index in [1.807, 2.05) is 47.9 Å². The molecule has 0 fully saturated rings. The van der Waals surface area contributed by atoms with Crippen molar-refractivity contribution < 1.29 is 4.79 Å². The molecule has 2 aromatic heterocycles. The Kier molecular flexibility index (Phi) is 4.74. The highest BCUT2D eigenvalue weighted by molar-refractivity contribution is 9.10. The summed E-state index contributed by atoms with van der Waals surface area (Å²) in [6.45, 7) is 5.63. The molecule has 5 nitrogen and oxygen atoms in total. The summed E-state index contributed by atoms with van der Waals surface area (Å²) in [4.78, 5) is 17.3. The Morgan fingerprint density at radius 3 is 2.56 bits per heavy atom. The first-order valence-corrected chi connectivity index (χ1v) is 9.83. The van der Waals surface area contributed by atoms with Gasteiger partial charge in [-0.3, -0.25) is 4.79 Å². The molecule has 6 heteroatoms. The molecule has 1 amide bonds. The molecule has 4 rings (SSSR count). The Morgan fingerprint density at radius 2 is 1.78 bits per heavy atom. The molecule has 0 aliphatic heterocycles. The Balaban J connectivity index is 1.54. The molecule has 0 saturated heterocycles. The number of imidazole rings is 1. The Labute approximate surface area is 166 Å². The summed E-state index contributed by atoms with van der Waals surface area (Å²) in [5.74, 6) is 0.850. The van der Waals surface area contributed by atoms with E-state index in [4.69, 9.17) is 0 Å². The summed E-state index contributed by atoms with van der Waals surface area (Å²) in [6.07, 6.45) is 0. The number of aryl methyl sites for hydroxylation is 1. The average Bonchev–Trinajstić information content (AvgIpc) is 3.17. The fraction of sp³-hybridized carbons (Fsp3) is 0.238. The van der Waals surface area contributed by atoms with Gasteiger partial charge in [0.1, 0.15) is 12.4 Å². The summed E-state index contributed by atoms with van der Waals surface area (Å²) in [5.41, 5.74) is 4.16. The van der Waals surface area contributed by atoms with E-state index in [1.165, 1.54) is 0 Å². The maximum atomic E-state index is 12.6. The van der Waals surface area contributed by atoms with Crippen molar-refractivity contribution in [3.8, 4) is 0 Å². The monoisotopic (exact) mass is 424 g/mol. The number of carbonyl (C=O) groups is 1. The highest BCUT2D eigenvalue weighted by Gasteiger charge is 2.15. The molecule has 2 aromatic carbocycles. The number of fused-ring (bicyclic) bond motifs is 2. The molecule has 0 aliphatic rings. The van der Waals surface area contributed by atoms with Crippen LogP contribution in [0.4, 0.5) is 0 Å². The molecule has 0 aliphatic carbocycles. The number of rotatable bonds is 5. The number of hydrogen-bond acceptors (Lipinski definition) is 2. The molecular formula is C21H21BrN4O. The molecular weight excluding hydrogens is 404 g/mol. The van der Waals surface area contributed by atoms with Gasteiger partial charge in [-0.25, -0.2) is 4.98 Å². The normalized spacial score (nSPS) is 11.4. The second-order valence-corrected chi connectivity index (χ2v) is 7.33. The number of nitrogens with zero attached hydrogens (tertiary/aromatic N) is 3. The first-order valence-electron chi connectivity index (χ1n) is 9.04. The van der Waals surface area contributed by atoms with E-state index in [2.05, 4.69) is 49.9 Å². The second-order valence-electron chi connectivity index (χ2n) is 6.54. The Bertz CT molecular complexity index is 1140. The lowest BCUT2D eigenvalue weighted by Gasteiger charge is -2.10. The third-order valence-electron chi connectivity index (χ3n) is 4.95. The molecule has 0 spiro atoms. The predicted octanol–water partition coefficient (Wildman–Crippen LogP) is 4.40. The van der Waals surface area contributed by atoms with Gasteiger partial charge < -0.3 is 14.5 Å². The number of amides is 1. The number of aromatic nitrogens is 3. The fourth-order valence-corrected chi connectivity index (χ4v) is 4.13. The minimum atomic E-state index is -0.0268. The highest BCUT2D eigenvalue weighted by atomic mass is 79.9. The largest absolute Gasteiger partial charge is 0.347 e. The third kappa shape index (κ3) is 3.14. The molecule has 0 unspecified atom stereocenters. The van der Waals surface area contributed by atoms with Crippen molar-refractivity contribution in [1.82, 2.24) is 19.4 Å². The van der Waals surface area contributed by atoms with Crippen LogP contribution < -0.4 is 5.32 Å².